The van der Waals surface area contributed by atoms with E-state index in [-0.39, 0.29) is 18.0 Å². The molecule has 24 heavy (non-hydrogen) atoms. The number of carbonyl (C=O) groups excluding carboxylic acids is 2. The van der Waals surface area contributed by atoms with Crippen LogP contribution in [-0.2, 0) is 0 Å². The molecule has 1 aromatic heterocycles. The number of hydrogen-bond donors (Lipinski definition) is 3. The van der Waals surface area contributed by atoms with Crippen LogP contribution in [0.2, 0.25) is 0 Å². The summed E-state index contributed by atoms with van der Waals surface area (Å²) in [6.07, 6.45) is 4.86. The smallest absolute Gasteiger partial charge is 0.317 e. The predicted octanol–water partition coefficient (Wildman–Crippen LogP) is 0.341. The maximum absolute atomic E-state index is 12.4. The van der Waals surface area contributed by atoms with Gasteiger partial charge in [0.25, 0.3) is 5.91 Å². The van der Waals surface area contributed by atoms with Gasteiger partial charge in [0.05, 0.1) is 6.04 Å². The lowest BCUT2D eigenvalue weighted by atomic mass is 10.1. The highest BCUT2D eigenvalue weighted by atomic mass is 16.2. The van der Waals surface area contributed by atoms with Crippen molar-refractivity contribution in [3.05, 3.63) is 18.0 Å². The zero-order valence-electron chi connectivity index (χ0n) is 14.1. The molecule has 2 unspecified atom stereocenters. The Morgan fingerprint density at radius 1 is 1.42 bits per heavy atom. The third kappa shape index (κ3) is 3.87. The van der Waals surface area contributed by atoms with Gasteiger partial charge in [-0.15, -0.1) is 0 Å². The molecule has 2 aliphatic heterocycles. The second-order valence-corrected chi connectivity index (χ2v) is 6.42. The summed E-state index contributed by atoms with van der Waals surface area (Å²) in [5.41, 5.74) is 0.442. The second kappa shape index (κ2) is 7.65. The molecule has 0 aromatic carbocycles. The number of aromatic nitrogens is 2. The minimum Gasteiger partial charge on any atom is -0.346 e. The van der Waals surface area contributed by atoms with E-state index in [9.17, 15) is 9.59 Å². The van der Waals surface area contributed by atoms with Crippen LogP contribution in [0.4, 0.5) is 4.79 Å². The van der Waals surface area contributed by atoms with Gasteiger partial charge >= 0.3 is 6.03 Å². The van der Waals surface area contributed by atoms with Crippen molar-refractivity contribution in [3.63, 3.8) is 0 Å². The van der Waals surface area contributed by atoms with Crippen molar-refractivity contribution >= 4 is 11.9 Å². The average Bonchev–Trinajstić information content (AvgIpc) is 3.25. The molecule has 8 heteroatoms. The fraction of sp³-hybridized carbons (Fsp3) is 0.688. The van der Waals surface area contributed by atoms with Gasteiger partial charge in [0.2, 0.25) is 0 Å². The Labute approximate surface area is 142 Å². The maximum atomic E-state index is 12.4. The monoisotopic (exact) mass is 334 g/mol. The van der Waals surface area contributed by atoms with Crippen LogP contribution in [0.1, 0.15) is 42.7 Å². The van der Waals surface area contributed by atoms with E-state index in [1.807, 2.05) is 17.8 Å². The van der Waals surface area contributed by atoms with E-state index in [0.717, 1.165) is 32.4 Å². The lowest BCUT2D eigenvalue weighted by molar-refractivity contribution is 0.0931. The Kier molecular flexibility index (Phi) is 5.34. The van der Waals surface area contributed by atoms with Crippen LogP contribution < -0.4 is 16.0 Å². The van der Waals surface area contributed by atoms with Crippen LogP contribution >= 0.6 is 0 Å². The van der Waals surface area contributed by atoms with E-state index in [2.05, 4.69) is 21.0 Å². The fourth-order valence-corrected chi connectivity index (χ4v) is 3.31. The SMILES string of the molecule is CCNC(=O)N1CCC(NC(=O)c2ccn(C3CCCNC3)n2)C1. The van der Waals surface area contributed by atoms with E-state index < -0.39 is 0 Å². The largest absolute Gasteiger partial charge is 0.346 e. The molecule has 0 saturated carbocycles. The van der Waals surface area contributed by atoms with Crippen LogP contribution in [0.15, 0.2) is 12.3 Å². The summed E-state index contributed by atoms with van der Waals surface area (Å²) in [6, 6.07) is 2.01. The summed E-state index contributed by atoms with van der Waals surface area (Å²) in [5, 5.41) is 13.6. The number of rotatable bonds is 4. The second-order valence-electron chi connectivity index (χ2n) is 6.42. The summed E-state index contributed by atoms with van der Waals surface area (Å²) in [5.74, 6) is -0.166. The lowest BCUT2D eigenvalue weighted by Gasteiger charge is -2.22. The number of urea groups is 1. The van der Waals surface area contributed by atoms with Crippen molar-refractivity contribution in [2.24, 2.45) is 0 Å². The van der Waals surface area contributed by atoms with Crippen LogP contribution in [0.5, 0.6) is 0 Å². The van der Waals surface area contributed by atoms with Gasteiger partial charge in [0.15, 0.2) is 0 Å². The van der Waals surface area contributed by atoms with Crippen molar-refractivity contribution in [2.75, 3.05) is 32.7 Å². The zero-order valence-corrected chi connectivity index (χ0v) is 14.1. The van der Waals surface area contributed by atoms with Gasteiger partial charge in [0, 0.05) is 38.4 Å². The maximum Gasteiger partial charge on any atom is 0.317 e. The normalized spacial score (nSPS) is 24.0. The predicted molar refractivity (Wildman–Crippen MR) is 89.9 cm³/mol. The first-order valence-corrected chi connectivity index (χ1v) is 8.77. The number of likely N-dealkylation sites (tertiary alicyclic amines) is 1. The van der Waals surface area contributed by atoms with E-state index in [4.69, 9.17) is 0 Å². The quantitative estimate of drug-likeness (QED) is 0.740. The number of nitrogens with one attached hydrogen (secondary N) is 3. The van der Waals surface area contributed by atoms with Crippen molar-refractivity contribution in [1.29, 1.82) is 0 Å². The summed E-state index contributed by atoms with van der Waals surface area (Å²) in [7, 11) is 0. The molecule has 0 spiro atoms. The molecule has 2 atom stereocenters. The molecule has 1 aromatic rings. The van der Waals surface area contributed by atoms with Gasteiger partial charge in [-0.05, 0) is 38.8 Å². The number of hydrogen-bond acceptors (Lipinski definition) is 4. The molecular weight excluding hydrogens is 308 g/mol. The Balaban J connectivity index is 1.52. The molecule has 0 aliphatic carbocycles. The van der Waals surface area contributed by atoms with E-state index >= 15 is 0 Å². The minimum absolute atomic E-state index is 0.0124. The molecule has 0 bridgehead atoms. The molecule has 2 aliphatic rings. The molecule has 8 nitrogen and oxygen atoms in total. The topological polar surface area (TPSA) is 91.3 Å². The van der Waals surface area contributed by atoms with Gasteiger partial charge in [-0.25, -0.2) is 4.79 Å². The molecule has 3 N–H and O–H groups in total. The van der Waals surface area contributed by atoms with Gasteiger partial charge in [-0.1, -0.05) is 0 Å². The fourth-order valence-electron chi connectivity index (χ4n) is 3.31. The molecule has 0 radical (unpaired) electrons. The van der Waals surface area contributed by atoms with Gasteiger partial charge in [0.1, 0.15) is 5.69 Å². The van der Waals surface area contributed by atoms with E-state index in [1.54, 1.807) is 11.0 Å². The molecule has 3 amide bonds. The third-order valence-corrected chi connectivity index (χ3v) is 4.62. The van der Waals surface area contributed by atoms with Crippen molar-refractivity contribution < 1.29 is 9.59 Å². The van der Waals surface area contributed by atoms with Crippen LogP contribution in [0, 0.1) is 0 Å². The van der Waals surface area contributed by atoms with Gasteiger partial charge < -0.3 is 20.9 Å². The molecule has 2 fully saturated rings. The molecule has 3 rings (SSSR count). The van der Waals surface area contributed by atoms with Crippen molar-refractivity contribution in [2.45, 2.75) is 38.3 Å². The highest BCUT2D eigenvalue weighted by Gasteiger charge is 2.28. The summed E-state index contributed by atoms with van der Waals surface area (Å²) < 4.78 is 1.89. The van der Waals surface area contributed by atoms with E-state index in [0.29, 0.717) is 31.4 Å². The van der Waals surface area contributed by atoms with Crippen molar-refractivity contribution in [3.8, 4) is 0 Å². The van der Waals surface area contributed by atoms with Crippen molar-refractivity contribution in [1.82, 2.24) is 30.6 Å². The van der Waals surface area contributed by atoms with Crippen LogP contribution in [0.3, 0.4) is 0 Å². The molecule has 132 valence electrons. The average molecular weight is 334 g/mol. The standard InChI is InChI=1S/C16H26N6O2/c1-2-18-16(24)21-8-5-12(11-21)19-15(23)14-6-9-22(20-14)13-4-3-7-17-10-13/h6,9,12-13,17H,2-5,7-8,10-11H2,1H3,(H,18,24)(H,19,23). The first kappa shape index (κ1) is 16.8. The number of nitrogens with zero attached hydrogens (tertiary/aromatic N) is 3. The van der Waals surface area contributed by atoms with Crippen LogP contribution in [0.25, 0.3) is 0 Å². The molecule has 2 saturated heterocycles. The highest BCUT2D eigenvalue weighted by molar-refractivity contribution is 5.92. The zero-order chi connectivity index (χ0) is 16.9. The third-order valence-electron chi connectivity index (χ3n) is 4.62. The molecule has 3 heterocycles. The highest BCUT2D eigenvalue weighted by Crippen LogP contribution is 2.16. The Morgan fingerprint density at radius 2 is 2.29 bits per heavy atom. The van der Waals surface area contributed by atoms with Gasteiger partial charge in [-0.2, -0.15) is 5.10 Å². The Bertz CT molecular complexity index is 581. The number of carbonyl (C=O) groups is 2. The Hall–Kier alpha value is -2.09. The summed E-state index contributed by atoms with van der Waals surface area (Å²) in [6.45, 7) is 5.66. The summed E-state index contributed by atoms with van der Waals surface area (Å²) in [4.78, 5) is 25.9. The first-order valence-electron chi connectivity index (χ1n) is 8.77. The molecular formula is C16H26N6O2. The first-order chi connectivity index (χ1) is 11.7. The van der Waals surface area contributed by atoms with Gasteiger partial charge in [-0.3, -0.25) is 9.48 Å². The lowest BCUT2D eigenvalue weighted by Crippen LogP contribution is -2.42. The van der Waals surface area contributed by atoms with E-state index in [1.165, 1.54) is 0 Å². The summed E-state index contributed by atoms with van der Waals surface area (Å²) >= 11 is 0. The number of amides is 3. The number of piperidine rings is 1. The minimum atomic E-state index is -0.166. The Morgan fingerprint density at radius 3 is 3.04 bits per heavy atom. The van der Waals surface area contributed by atoms with Crippen LogP contribution in [-0.4, -0.2) is 65.4 Å².